The Morgan fingerprint density at radius 3 is 2.52 bits per heavy atom. The third-order valence-corrected chi connectivity index (χ3v) is 3.44. The first-order chi connectivity index (χ1) is 10.1. The molecule has 21 heavy (non-hydrogen) atoms. The summed E-state index contributed by atoms with van der Waals surface area (Å²) in [5.41, 5.74) is 1.20. The first kappa shape index (κ1) is 15.8. The van der Waals surface area contributed by atoms with Gasteiger partial charge in [-0.3, -0.25) is 0 Å². The summed E-state index contributed by atoms with van der Waals surface area (Å²) in [6.45, 7) is 4.78. The van der Waals surface area contributed by atoms with Gasteiger partial charge in [-0.2, -0.15) is 0 Å². The summed E-state index contributed by atoms with van der Waals surface area (Å²) in [4.78, 5) is 6.62. The first-order valence-electron chi connectivity index (χ1n) is 7.36. The number of guanidine groups is 1. The van der Waals surface area contributed by atoms with Crippen LogP contribution < -0.4 is 5.32 Å². The lowest BCUT2D eigenvalue weighted by Crippen LogP contribution is -2.40. The fourth-order valence-corrected chi connectivity index (χ4v) is 2.21. The fraction of sp³-hybridized carbons (Fsp3) is 0.562. The molecule has 1 N–H and O–H groups in total. The average Bonchev–Trinajstić information content (AvgIpc) is 2.90. The molecule has 0 radical (unpaired) electrons. The van der Waals surface area contributed by atoms with Crippen molar-refractivity contribution in [1.29, 1.82) is 0 Å². The topological polar surface area (TPSA) is 46.1 Å². The highest BCUT2D eigenvalue weighted by Gasteiger charge is 2.30. The van der Waals surface area contributed by atoms with Crippen LogP contribution in [0.3, 0.4) is 0 Å². The van der Waals surface area contributed by atoms with Gasteiger partial charge in [0.05, 0.1) is 19.8 Å². The lowest BCUT2D eigenvalue weighted by molar-refractivity contribution is -0.145. The summed E-state index contributed by atoms with van der Waals surface area (Å²) in [5.74, 6) is 0.421. The smallest absolute Gasteiger partial charge is 0.193 e. The second kappa shape index (κ2) is 7.43. The number of hydrogen-bond donors (Lipinski definition) is 1. The summed E-state index contributed by atoms with van der Waals surface area (Å²) in [6, 6.07) is 10.2. The highest BCUT2D eigenvalue weighted by molar-refractivity contribution is 5.79. The molecule has 1 saturated heterocycles. The van der Waals surface area contributed by atoms with Gasteiger partial charge in [-0.05, 0) is 12.5 Å². The van der Waals surface area contributed by atoms with E-state index in [1.807, 2.05) is 44.1 Å². The van der Waals surface area contributed by atoms with Crippen LogP contribution >= 0.6 is 0 Å². The maximum absolute atomic E-state index is 5.60. The molecular formula is C16H25N3O2. The van der Waals surface area contributed by atoms with Crippen LogP contribution in [-0.2, 0) is 16.0 Å². The second-order valence-electron chi connectivity index (χ2n) is 5.53. The zero-order valence-electron chi connectivity index (χ0n) is 13.1. The van der Waals surface area contributed by atoms with Crippen molar-refractivity contribution in [1.82, 2.24) is 10.2 Å². The van der Waals surface area contributed by atoms with Crippen LogP contribution in [0.25, 0.3) is 0 Å². The Labute approximate surface area is 127 Å². The third-order valence-electron chi connectivity index (χ3n) is 3.44. The summed E-state index contributed by atoms with van der Waals surface area (Å²) in [7, 11) is 3.97. The Bertz CT molecular complexity index is 454. The maximum Gasteiger partial charge on any atom is 0.193 e. The van der Waals surface area contributed by atoms with Crippen LogP contribution in [0.5, 0.6) is 0 Å². The van der Waals surface area contributed by atoms with E-state index >= 15 is 0 Å². The van der Waals surface area contributed by atoms with Crippen molar-refractivity contribution in [2.45, 2.75) is 25.7 Å². The van der Waals surface area contributed by atoms with Gasteiger partial charge >= 0.3 is 0 Å². The maximum atomic E-state index is 5.60. The van der Waals surface area contributed by atoms with E-state index in [4.69, 9.17) is 9.47 Å². The third kappa shape index (κ3) is 5.02. The molecule has 0 atom stereocenters. The van der Waals surface area contributed by atoms with Crippen LogP contribution in [0, 0.1) is 0 Å². The van der Waals surface area contributed by atoms with Crippen molar-refractivity contribution in [3.63, 3.8) is 0 Å². The van der Waals surface area contributed by atoms with E-state index < -0.39 is 5.79 Å². The molecule has 0 aliphatic carbocycles. The van der Waals surface area contributed by atoms with Crippen LogP contribution in [0.1, 0.15) is 18.9 Å². The molecule has 1 fully saturated rings. The predicted molar refractivity (Wildman–Crippen MR) is 84.2 cm³/mol. The van der Waals surface area contributed by atoms with E-state index in [2.05, 4.69) is 22.4 Å². The second-order valence-corrected chi connectivity index (χ2v) is 5.53. The van der Waals surface area contributed by atoms with Crippen molar-refractivity contribution in [2.75, 3.05) is 33.9 Å². The normalized spacial score (nSPS) is 17.8. The van der Waals surface area contributed by atoms with Gasteiger partial charge in [-0.15, -0.1) is 0 Å². The highest BCUT2D eigenvalue weighted by Crippen LogP contribution is 2.21. The summed E-state index contributed by atoms with van der Waals surface area (Å²) in [6.07, 6.45) is 0.797. The van der Waals surface area contributed by atoms with Gasteiger partial charge in [0.15, 0.2) is 11.7 Å². The molecule has 1 aliphatic heterocycles. The SMILES string of the molecule is CN(C)C(=NCc1ccccc1)NCCC1(C)OCCO1. The number of benzene rings is 1. The van der Waals surface area contributed by atoms with Crippen molar-refractivity contribution >= 4 is 5.96 Å². The zero-order valence-corrected chi connectivity index (χ0v) is 13.1. The highest BCUT2D eigenvalue weighted by atomic mass is 16.7. The number of hydrogen-bond acceptors (Lipinski definition) is 3. The minimum Gasteiger partial charge on any atom is -0.356 e. The van der Waals surface area contributed by atoms with E-state index in [1.165, 1.54) is 5.56 Å². The Kier molecular flexibility index (Phi) is 5.59. The van der Waals surface area contributed by atoms with E-state index in [0.717, 1.165) is 18.9 Å². The first-order valence-corrected chi connectivity index (χ1v) is 7.36. The quantitative estimate of drug-likeness (QED) is 0.664. The van der Waals surface area contributed by atoms with Gasteiger partial charge in [-0.1, -0.05) is 30.3 Å². The molecule has 0 unspecified atom stereocenters. The average molecular weight is 291 g/mol. The molecule has 1 aromatic rings. The van der Waals surface area contributed by atoms with E-state index in [-0.39, 0.29) is 0 Å². The molecular weight excluding hydrogens is 266 g/mol. The zero-order chi connectivity index (χ0) is 15.1. The van der Waals surface area contributed by atoms with Crippen LogP contribution in [-0.4, -0.2) is 50.5 Å². The molecule has 1 aliphatic rings. The molecule has 5 heteroatoms. The predicted octanol–water partition coefficient (Wildman–Crippen LogP) is 1.85. The summed E-state index contributed by atoms with van der Waals surface area (Å²) in [5, 5.41) is 3.36. The molecule has 1 aromatic carbocycles. The van der Waals surface area contributed by atoms with Gasteiger partial charge in [0.2, 0.25) is 0 Å². The Morgan fingerprint density at radius 2 is 1.90 bits per heavy atom. The Balaban J connectivity index is 1.84. The number of nitrogens with one attached hydrogen (secondary N) is 1. The van der Waals surface area contributed by atoms with Gasteiger partial charge in [0, 0.05) is 27.1 Å². The van der Waals surface area contributed by atoms with Crippen molar-refractivity contribution in [3.05, 3.63) is 35.9 Å². The molecule has 2 rings (SSSR count). The summed E-state index contributed by atoms with van der Waals surface area (Å²) < 4.78 is 11.2. The van der Waals surface area contributed by atoms with Gasteiger partial charge in [0.25, 0.3) is 0 Å². The molecule has 1 heterocycles. The van der Waals surface area contributed by atoms with E-state index in [1.54, 1.807) is 0 Å². The molecule has 0 bridgehead atoms. The van der Waals surface area contributed by atoms with Gasteiger partial charge in [0.1, 0.15) is 0 Å². The number of rotatable bonds is 5. The Hall–Kier alpha value is -1.59. The standard InChI is InChI=1S/C16H25N3O2/c1-16(20-11-12-21-16)9-10-17-15(19(2)3)18-13-14-7-5-4-6-8-14/h4-8H,9-13H2,1-3H3,(H,17,18). The monoisotopic (exact) mass is 291 g/mol. The largest absolute Gasteiger partial charge is 0.356 e. The molecule has 0 amide bonds. The number of nitrogens with zero attached hydrogens (tertiary/aromatic N) is 2. The molecule has 116 valence electrons. The molecule has 0 aromatic heterocycles. The lowest BCUT2D eigenvalue weighted by Gasteiger charge is -2.24. The van der Waals surface area contributed by atoms with Gasteiger partial charge < -0.3 is 19.7 Å². The van der Waals surface area contributed by atoms with E-state index in [9.17, 15) is 0 Å². The van der Waals surface area contributed by atoms with Crippen molar-refractivity contribution in [2.24, 2.45) is 4.99 Å². The summed E-state index contributed by atoms with van der Waals surface area (Å²) >= 11 is 0. The molecule has 0 saturated carbocycles. The van der Waals surface area contributed by atoms with Gasteiger partial charge in [-0.25, -0.2) is 4.99 Å². The number of ether oxygens (including phenoxy) is 2. The minimum atomic E-state index is -0.455. The van der Waals surface area contributed by atoms with E-state index in [0.29, 0.717) is 19.8 Å². The molecule has 5 nitrogen and oxygen atoms in total. The lowest BCUT2D eigenvalue weighted by atomic mass is 10.2. The Morgan fingerprint density at radius 1 is 1.24 bits per heavy atom. The van der Waals surface area contributed by atoms with Crippen LogP contribution in [0.4, 0.5) is 0 Å². The molecule has 0 spiro atoms. The van der Waals surface area contributed by atoms with Crippen LogP contribution in [0.15, 0.2) is 35.3 Å². The van der Waals surface area contributed by atoms with Crippen molar-refractivity contribution < 1.29 is 9.47 Å². The fourth-order valence-electron chi connectivity index (χ4n) is 2.21. The van der Waals surface area contributed by atoms with Crippen LogP contribution in [0.2, 0.25) is 0 Å². The minimum absolute atomic E-state index is 0.455. The van der Waals surface area contributed by atoms with Crippen molar-refractivity contribution in [3.8, 4) is 0 Å². The number of aliphatic imine (C=N–C) groups is 1.